The Morgan fingerprint density at radius 2 is 2.09 bits per heavy atom. The van der Waals surface area contributed by atoms with Gasteiger partial charge in [0, 0.05) is 0 Å². The lowest BCUT2D eigenvalue weighted by atomic mass is 10.00. The molecule has 1 aliphatic carbocycles. The van der Waals surface area contributed by atoms with Gasteiger partial charge in [-0.15, -0.1) is 0 Å². The van der Waals surface area contributed by atoms with E-state index in [1.54, 1.807) is 0 Å². The van der Waals surface area contributed by atoms with Crippen LogP contribution in [0.1, 0.15) is 33.6 Å². The standard InChI is InChI=1S/C9H12.C2H6/c1-8(2)9-6-4-3-5-7-9;1-2/h3-4,6H,1,5,7H2,2H3;1-2H3. The van der Waals surface area contributed by atoms with E-state index in [9.17, 15) is 0 Å². The van der Waals surface area contributed by atoms with Crippen LogP contribution < -0.4 is 0 Å². The van der Waals surface area contributed by atoms with Crippen LogP contribution in [0.2, 0.25) is 0 Å². The molecule has 62 valence electrons. The van der Waals surface area contributed by atoms with Crippen molar-refractivity contribution in [2.24, 2.45) is 0 Å². The van der Waals surface area contributed by atoms with Crippen molar-refractivity contribution in [2.75, 3.05) is 0 Å². The minimum atomic E-state index is 1.17. The SMILES string of the molecule is C=C(C)C1=CC=CCC1.CC. The van der Waals surface area contributed by atoms with Gasteiger partial charge in [-0.3, -0.25) is 0 Å². The van der Waals surface area contributed by atoms with Crippen molar-refractivity contribution in [3.8, 4) is 0 Å². The summed E-state index contributed by atoms with van der Waals surface area (Å²) >= 11 is 0. The molecule has 0 unspecified atom stereocenters. The Morgan fingerprint density at radius 1 is 1.45 bits per heavy atom. The maximum Gasteiger partial charge on any atom is -0.0242 e. The number of hydrogen-bond acceptors (Lipinski definition) is 0. The molecule has 0 aliphatic heterocycles. The normalized spacial score (nSPS) is 14.6. The highest BCUT2D eigenvalue weighted by atomic mass is 14.0. The first-order chi connectivity index (χ1) is 5.30. The Morgan fingerprint density at radius 3 is 2.36 bits per heavy atom. The van der Waals surface area contributed by atoms with E-state index in [1.807, 2.05) is 13.8 Å². The second kappa shape index (κ2) is 5.96. The largest absolute Gasteiger partial charge is 0.0958 e. The van der Waals surface area contributed by atoms with Crippen LogP contribution in [0, 0.1) is 0 Å². The van der Waals surface area contributed by atoms with Crippen molar-refractivity contribution in [2.45, 2.75) is 33.6 Å². The summed E-state index contributed by atoms with van der Waals surface area (Å²) in [6.45, 7) is 9.94. The average molecular weight is 150 g/mol. The molecule has 0 aromatic rings. The third-order valence-electron chi connectivity index (χ3n) is 1.56. The van der Waals surface area contributed by atoms with Crippen molar-refractivity contribution in [1.82, 2.24) is 0 Å². The molecule has 11 heavy (non-hydrogen) atoms. The van der Waals surface area contributed by atoms with Crippen LogP contribution in [0.4, 0.5) is 0 Å². The molecule has 0 spiro atoms. The first kappa shape index (κ1) is 10.2. The van der Waals surface area contributed by atoms with Gasteiger partial charge in [0.25, 0.3) is 0 Å². The van der Waals surface area contributed by atoms with Gasteiger partial charge >= 0.3 is 0 Å². The van der Waals surface area contributed by atoms with Crippen LogP contribution in [-0.4, -0.2) is 0 Å². The Balaban J connectivity index is 0.000000461. The van der Waals surface area contributed by atoms with E-state index in [0.29, 0.717) is 0 Å². The van der Waals surface area contributed by atoms with Gasteiger partial charge in [0.2, 0.25) is 0 Å². The molecule has 1 rings (SSSR count). The summed E-state index contributed by atoms with van der Waals surface area (Å²) < 4.78 is 0. The lowest BCUT2D eigenvalue weighted by Crippen LogP contribution is -1.86. The maximum absolute atomic E-state index is 3.88. The second-order valence-corrected chi connectivity index (χ2v) is 2.44. The van der Waals surface area contributed by atoms with E-state index >= 15 is 0 Å². The molecule has 0 amide bonds. The van der Waals surface area contributed by atoms with Gasteiger partial charge in [-0.05, 0) is 25.3 Å². The molecule has 0 saturated carbocycles. The minimum Gasteiger partial charge on any atom is -0.0958 e. The summed E-state index contributed by atoms with van der Waals surface area (Å²) in [5.74, 6) is 0. The van der Waals surface area contributed by atoms with Gasteiger partial charge in [-0.2, -0.15) is 0 Å². The average Bonchev–Trinajstić information content (AvgIpc) is 2.10. The maximum atomic E-state index is 3.88. The van der Waals surface area contributed by atoms with E-state index in [4.69, 9.17) is 0 Å². The number of allylic oxidation sites excluding steroid dienone is 5. The molecule has 0 radical (unpaired) electrons. The molecule has 0 heteroatoms. The molecule has 0 aromatic carbocycles. The predicted molar refractivity (Wildman–Crippen MR) is 52.6 cm³/mol. The molecule has 0 heterocycles. The van der Waals surface area contributed by atoms with Gasteiger partial charge < -0.3 is 0 Å². The highest BCUT2D eigenvalue weighted by Gasteiger charge is 1.97. The fourth-order valence-corrected chi connectivity index (χ4v) is 0.958. The fraction of sp³-hybridized carbons (Fsp3) is 0.455. The summed E-state index contributed by atoms with van der Waals surface area (Å²) in [6, 6.07) is 0. The Kier molecular flexibility index (Phi) is 5.54. The van der Waals surface area contributed by atoms with Crippen molar-refractivity contribution in [3.05, 3.63) is 36.0 Å². The second-order valence-electron chi connectivity index (χ2n) is 2.44. The highest BCUT2D eigenvalue weighted by Crippen LogP contribution is 2.17. The minimum absolute atomic E-state index is 1.17. The number of rotatable bonds is 1. The van der Waals surface area contributed by atoms with Crippen LogP contribution in [0.3, 0.4) is 0 Å². The summed E-state index contributed by atoms with van der Waals surface area (Å²) in [6.07, 6.45) is 8.79. The van der Waals surface area contributed by atoms with E-state index in [-0.39, 0.29) is 0 Å². The van der Waals surface area contributed by atoms with E-state index < -0.39 is 0 Å². The van der Waals surface area contributed by atoms with Gasteiger partial charge in [0.1, 0.15) is 0 Å². The van der Waals surface area contributed by atoms with Crippen LogP contribution in [-0.2, 0) is 0 Å². The Hall–Kier alpha value is -0.780. The van der Waals surface area contributed by atoms with Gasteiger partial charge in [0.15, 0.2) is 0 Å². The van der Waals surface area contributed by atoms with Crippen molar-refractivity contribution in [3.63, 3.8) is 0 Å². The van der Waals surface area contributed by atoms with Crippen molar-refractivity contribution < 1.29 is 0 Å². The Labute approximate surface area is 70.3 Å². The molecule has 0 bridgehead atoms. The van der Waals surface area contributed by atoms with Gasteiger partial charge in [-0.25, -0.2) is 0 Å². The first-order valence-electron chi connectivity index (χ1n) is 4.32. The van der Waals surface area contributed by atoms with Crippen LogP contribution in [0.5, 0.6) is 0 Å². The quantitative estimate of drug-likeness (QED) is 0.532. The Bertz CT molecular complexity index is 170. The summed E-state index contributed by atoms with van der Waals surface area (Å²) in [5, 5.41) is 0. The summed E-state index contributed by atoms with van der Waals surface area (Å²) in [7, 11) is 0. The highest BCUT2D eigenvalue weighted by molar-refractivity contribution is 5.32. The van der Waals surface area contributed by atoms with Gasteiger partial charge in [-0.1, -0.05) is 44.2 Å². The zero-order valence-electron chi connectivity index (χ0n) is 7.85. The lowest BCUT2D eigenvalue weighted by molar-refractivity contribution is 0.970. The molecule has 0 aromatic heterocycles. The smallest absolute Gasteiger partial charge is 0.0242 e. The van der Waals surface area contributed by atoms with Crippen LogP contribution >= 0.6 is 0 Å². The first-order valence-corrected chi connectivity index (χ1v) is 4.32. The molecule has 0 fully saturated rings. The van der Waals surface area contributed by atoms with Crippen LogP contribution in [0.25, 0.3) is 0 Å². The zero-order chi connectivity index (χ0) is 8.69. The van der Waals surface area contributed by atoms with Crippen LogP contribution in [0.15, 0.2) is 36.0 Å². The third-order valence-corrected chi connectivity index (χ3v) is 1.56. The fourth-order valence-electron chi connectivity index (χ4n) is 0.958. The van der Waals surface area contributed by atoms with E-state index in [1.165, 1.54) is 24.0 Å². The van der Waals surface area contributed by atoms with Crippen molar-refractivity contribution >= 4 is 0 Å². The number of hydrogen-bond donors (Lipinski definition) is 0. The monoisotopic (exact) mass is 150 g/mol. The molecule has 1 aliphatic rings. The molecule has 0 atom stereocenters. The molecular formula is C11H18. The topological polar surface area (TPSA) is 0 Å². The predicted octanol–water partition coefficient (Wildman–Crippen LogP) is 3.87. The molecule has 0 N–H and O–H groups in total. The van der Waals surface area contributed by atoms with Crippen molar-refractivity contribution in [1.29, 1.82) is 0 Å². The lowest BCUT2D eigenvalue weighted by Gasteiger charge is -2.06. The summed E-state index contributed by atoms with van der Waals surface area (Å²) in [4.78, 5) is 0. The van der Waals surface area contributed by atoms with E-state index in [2.05, 4.69) is 31.7 Å². The third kappa shape index (κ3) is 3.82. The molecule has 0 nitrogen and oxygen atoms in total. The summed E-state index contributed by atoms with van der Waals surface area (Å²) in [5.41, 5.74) is 2.61. The van der Waals surface area contributed by atoms with Gasteiger partial charge in [0.05, 0.1) is 0 Å². The molecule has 0 saturated heterocycles. The van der Waals surface area contributed by atoms with E-state index in [0.717, 1.165) is 0 Å². The molecular weight excluding hydrogens is 132 g/mol. The zero-order valence-corrected chi connectivity index (χ0v) is 7.85.